The molecule has 0 radical (unpaired) electrons. The van der Waals surface area contributed by atoms with Gasteiger partial charge in [0.1, 0.15) is 0 Å². The summed E-state index contributed by atoms with van der Waals surface area (Å²) in [5.74, 6) is -7.30. The van der Waals surface area contributed by atoms with Gasteiger partial charge in [-0.2, -0.15) is 0 Å². The van der Waals surface area contributed by atoms with Crippen molar-refractivity contribution in [3.05, 3.63) is 0 Å². The maximum atomic E-state index is 9.10. The predicted octanol–water partition coefficient (Wildman–Crippen LogP) is -0.997. The van der Waals surface area contributed by atoms with Gasteiger partial charge in [0.25, 0.3) is 0 Å². The van der Waals surface area contributed by atoms with Crippen molar-refractivity contribution in [2.75, 3.05) is 33.2 Å². The highest BCUT2D eigenvalue weighted by molar-refractivity contribution is 6.27. The minimum atomic E-state index is -1.82. The van der Waals surface area contributed by atoms with Gasteiger partial charge in [-0.3, -0.25) is 0 Å². The van der Waals surface area contributed by atoms with Crippen LogP contribution in [0, 0.1) is 0 Å². The lowest BCUT2D eigenvalue weighted by Gasteiger charge is -2.25. The molecular weight excluding hydrogens is 300 g/mol. The molecule has 1 heterocycles. The Labute approximate surface area is 127 Å². The fourth-order valence-corrected chi connectivity index (χ4v) is 1.45. The van der Waals surface area contributed by atoms with Gasteiger partial charge in [0.15, 0.2) is 0 Å². The Morgan fingerprint density at radius 3 is 1.45 bits per heavy atom. The Morgan fingerprint density at radius 1 is 0.818 bits per heavy atom. The molecule has 0 aliphatic carbocycles. The number of hydrogen-bond acceptors (Lipinski definition) is 6. The number of likely N-dealkylation sites (tertiary alicyclic amines) is 1. The fraction of sp³-hybridized carbons (Fsp3) is 0.667. The van der Waals surface area contributed by atoms with Crippen LogP contribution in [0.4, 0.5) is 0 Å². The molecular formula is C12H22N2O8. The summed E-state index contributed by atoms with van der Waals surface area (Å²) in [7, 11) is 2.02. The van der Waals surface area contributed by atoms with Crippen molar-refractivity contribution < 1.29 is 39.6 Å². The van der Waals surface area contributed by atoms with Crippen molar-refractivity contribution >= 4 is 23.9 Å². The Hall–Kier alpha value is -2.20. The zero-order chi connectivity index (χ0) is 17.5. The average Bonchev–Trinajstić information content (AvgIpc) is 2.47. The van der Waals surface area contributed by atoms with E-state index in [4.69, 9.17) is 39.6 Å². The molecule has 0 spiro atoms. The second-order valence-electron chi connectivity index (χ2n) is 4.23. The topological polar surface area (TPSA) is 164 Å². The number of rotatable bonds is 3. The Bertz CT molecular complexity index is 318. The standard InChI is InChI=1S/C8H18N2.2C2H2O4/c1-9-5-8-10-6-3-2-4-7-10;2*3-1(4)2(5)6/h9H,2-8H2,1H3;2*(H,3,4)(H,5,6). The summed E-state index contributed by atoms with van der Waals surface area (Å²) in [5, 5.41) is 32.7. The molecule has 1 saturated heterocycles. The summed E-state index contributed by atoms with van der Waals surface area (Å²) in [6.45, 7) is 5.01. The number of piperidine rings is 1. The van der Waals surface area contributed by atoms with E-state index in [0.717, 1.165) is 6.54 Å². The number of aliphatic carboxylic acids is 4. The van der Waals surface area contributed by atoms with Crippen LogP contribution >= 0.6 is 0 Å². The number of nitrogens with zero attached hydrogens (tertiary/aromatic N) is 1. The maximum Gasteiger partial charge on any atom is 0.414 e. The SMILES string of the molecule is CNCCN1CCCCC1.O=C(O)C(=O)O.O=C(O)C(=O)O. The molecule has 10 heteroatoms. The van der Waals surface area contributed by atoms with Gasteiger partial charge < -0.3 is 30.6 Å². The highest BCUT2D eigenvalue weighted by Crippen LogP contribution is 2.06. The van der Waals surface area contributed by atoms with Crippen LogP contribution in [0.5, 0.6) is 0 Å². The third kappa shape index (κ3) is 15.9. The molecule has 128 valence electrons. The predicted molar refractivity (Wildman–Crippen MR) is 74.8 cm³/mol. The summed E-state index contributed by atoms with van der Waals surface area (Å²) in [6, 6.07) is 0. The van der Waals surface area contributed by atoms with Crippen LogP contribution in [-0.2, 0) is 19.2 Å². The molecule has 1 fully saturated rings. The minimum absolute atomic E-state index is 1.14. The second kappa shape index (κ2) is 13.8. The number of carboxylic acids is 4. The van der Waals surface area contributed by atoms with Crippen LogP contribution in [-0.4, -0.2) is 82.4 Å². The summed E-state index contributed by atoms with van der Waals surface area (Å²) < 4.78 is 0. The number of nitrogens with one attached hydrogen (secondary N) is 1. The van der Waals surface area contributed by atoms with Crippen molar-refractivity contribution in [1.82, 2.24) is 10.2 Å². The molecule has 1 aliphatic rings. The van der Waals surface area contributed by atoms with Gasteiger partial charge >= 0.3 is 23.9 Å². The molecule has 22 heavy (non-hydrogen) atoms. The molecule has 0 aromatic heterocycles. The maximum absolute atomic E-state index is 9.10. The van der Waals surface area contributed by atoms with E-state index in [9.17, 15) is 0 Å². The lowest BCUT2D eigenvalue weighted by molar-refractivity contribution is -0.159. The number of carbonyl (C=O) groups is 4. The van der Waals surface area contributed by atoms with E-state index in [-0.39, 0.29) is 0 Å². The fourth-order valence-electron chi connectivity index (χ4n) is 1.45. The monoisotopic (exact) mass is 322 g/mol. The first-order valence-electron chi connectivity index (χ1n) is 6.51. The lowest BCUT2D eigenvalue weighted by Crippen LogP contribution is -2.34. The van der Waals surface area contributed by atoms with Crippen LogP contribution in [0.15, 0.2) is 0 Å². The molecule has 0 atom stereocenters. The molecule has 0 saturated carbocycles. The minimum Gasteiger partial charge on any atom is -0.473 e. The number of carboxylic acid groups (broad SMARTS) is 4. The van der Waals surface area contributed by atoms with Crippen LogP contribution in [0.3, 0.4) is 0 Å². The quantitative estimate of drug-likeness (QED) is 0.407. The normalized spacial score (nSPS) is 13.7. The van der Waals surface area contributed by atoms with Crippen LogP contribution in [0.25, 0.3) is 0 Å². The first-order valence-corrected chi connectivity index (χ1v) is 6.51. The first kappa shape index (κ1) is 22.1. The van der Waals surface area contributed by atoms with Crippen molar-refractivity contribution in [1.29, 1.82) is 0 Å². The van der Waals surface area contributed by atoms with Crippen molar-refractivity contribution in [2.24, 2.45) is 0 Å². The zero-order valence-electron chi connectivity index (χ0n) is 12.3. The number of hydrogen-bond donors (Lipinski definition) is 5. The third-order valence-corrected chi connectivity index (χ3v) is 2.49. The summed E-state index contributed by atoms with van der Waals surface area (Å²) in [6.07, 6.45) is 4.25. The van der Waals surface area contributed by atoms with E-state index in [1.165, 1.54) is 38.9 Å². The van der Waals surface area contributed by atoms with Crippen molar-refractivity contribution in [3.63, 3.8) is 0 Å². The summed E-state index contributed by atoms with van der Waals surface area (Å²) in [4.78, 5) is 38.9. The van der Waals surface area contributed by atoms with Crippen LogP contribution in [0.2, 0.25) is 0 Å². The van der Waals surface area contributed by atoms with Gasteiger partial charge in [-0.25, -0.2) is 19.2 Å². The highest BCUT2D eigenvalue weighted by Gasteiger charge is 2.07. The van der Waals surface area contributed by atoms with Gasteiger partial charge in [0, 0.05) is 13.1 Å². The van der Waals surface area contributed by atoms with E-state index >= 15 is 0 Å². The summed E-state index contributed by atoms with van der Waals surface area (Å²) >= 11 is 0. The highest BCUT2D eigenvalue weighted by atomic mass is 16.4. The zero-order valence-corrected chi connectivity index (χ0v) is 12.3. The van der Waals surface area contributed by atoms with E-state index in [1.807, 2.05) is 7.05 Å². The Kier molecular flexibility index (Phi) is 13.8. The van der Waals surface area contributed by atoms with Gasteiger partial charge in [0.05, 0.1) is 0 Å². The molecule has 0 aromatic rings. The van der Waals surface area contributed by atoms with E-state index in [1.54, 1.807) is 0 Å². The van der Waals surface area contributed by atoms with Gasteiger partial charge in [-0.15, -0.1) is 0 Å². The molecule has 0 aromatic carbocycles. The largest absolute Gasteiger partial charge is 0.473 e. The summed E-state index contributed by atoms with van der Waals surface area (Å²) in [5.41, 5.74) is 0. The lowest BCUT2D eigenvalue weighted by atomic mass is 10.1. The third-order valence-electron chi connectivity index (χ3n) is 2.49. The van der Waals surface area contributed by atoms with E-state index in [2.05, 4.69) is 10.2 Å². The van der Waals surface area contributed by atoms with Crippen LogP contribution < -0.4 is 5.32 Å². The van der Waals surface area contributed by atoms with Crippen molar-refractivity contribution in [3.8, 4) is 0 Å². The van der Waals surface area contributed by atoms with Gasteiger partial charge in [-0.05, 0) is 33.0 Å². The second-order valence-corrected chi connectivity index (χ2v) is 4.23. The molecule has 0 unspecified atom stereocenters. The van der Waals surface area contributed by atoms with E-state index < -0.39 is 23.9 Å². The van der Waals surface area contributed by atoms with Crippen molar-refractivity contribution in [2.45, 2.75) is 19.3 Å². The van der Waals surface area contributed by atoms with E-state index in [0.29, 0.717) is 0 Å². The molecule has 10 nitrogen and oxygen atoms in total. The molecule has 5 N–H and O–H groups in total. The number of likely N-dealkylation sites (N-methyl/N-ethyl adjacent to an activating group) is 1. The molecule has 1 aliphatic heterocycles. The molecule has 0 amide bonds. The van der Waals surface area contributed by atoms with Crippen LogP contribution in [0.1, 0.15) is 19.3 Å². The molecule has 1 rings (SSSR count). The van der Waals surface area contributed by atoms with Gasteiger partial charge in [0.2, 0.25) is 0 Å². The smallest absolute Gasteiger partial charge is 0.414 e. The first-order chi connectivity index (χ1) is 10.2. The Morgan fingerprint density at radius 2 is 1.18 bits per heavy atom. The average molecular weight is 322 g/mol. The van der Waals surface area contributed by atoms with Gasteiger partial charge in [-0.1, -0.05) is 6.42 Å². The molecule has 0 bridgehead atoms. The Balaban J connectivity index is 0.